The normalized spacial score (nSPS) is 19.1. The maximum atomic E-state index is 10.9. The summed E-state index contributed by atoms with van der Waals surface area (Å²) in [6.45, 7) is 6.08. The van der Waals surface area contributed by atoms with E-state index in [9.17, 15) is 9.90 Å². The molecule has 3 nitrogen and oxygen atoms in total. The molecule has 0 aliphatic carbocycles. The fraction of sp³-hybridized carbons (Fsp3) is 0.458. The fourth-order valence-electron chi connectivity index (χ4n) is 2.21. The van der Waals surface area contributed by atoms with Gasteiger partial charge in [0.15, 0.2) is 0 Å². The van der Waals surface area contributed by atoms with Crippen LogP contribution in [-0.2, 0) is 9.53 Å². The summed E-state index contributed by atoms with van der Waals surface area (Å²) >= 11 is 0. The molecule has 27 heavy (non-hydrogen) atoms. The summed E-state index contributed by atoms with van der Waals surface area (Å²) in [5.41, 5.74) is 0. The van der Waals surface area contributed by atoms with E-state index in [2.05, 4.69) is 37.3 Å². The third kappa shape index (κ3) is 15.8. The summed E-state index contributed by atoms with van der Waals surface area (Å²) in [6, 6.07) is 0. The Morgan fingerprint density at radius 2 is 1.67 bits per heavy atom. The largest absolute Gasteiger partial charge is 0.458 e. The zero-order valence-electron chi connectivity index (χ0n) is 17.1. The molecule has 1 aliphatic rings. The van der Waals surface area contributed by atoms with Crippen molar-refractivity contribution in [3.8, 4) is 0 Å². The molecule has 2 atom stereocenters. The van der Waals surface area contributed by atoms with Crippen LogP contribution in [0.5, 0.6) is 0 Å². The molecule has 1 heterocycles. The van der Waals surface area contributed by atoms with E-state index >= 15 is 0 Å². The first-order valence-corrected chi connectivity index (χ1v) is 10.1. The van der Waals surface area contributed by atoms with E-state index in [4.69, 9.17) is 4.74 Å². The van der Waals surface area contributed by atoms with Crippen LogP contribution in [0.2, 0.25) is 0 Å². The van der Waals surface area contributed by atoms with Gasteiger partial charge in [-0.3, -0.25) is 4.79 Å². The average molecular weight is 373 g/mol. The van der Waals surface area contributed by atoms with Crippen LogP contribution in [0.25, 0.3) is 0 Å². The van der Waals surface area contributed by atoms with Crippen LogP contribution >= 0.6 is 0 Å². The zero-order chi connectivity index (χ0) is 20.2. The summed E-state index contributed by atoms with van der Waals surface area (Å²) in [5.74, 6) is -0.104. The number of cyclic esters (lactones) is 1. The number of hydrogen-bond acceptors (Lipinski definition) is 3. The maximum Gasteiger partial charge on any atom is 0.306 e. The number of carbonyl (C=O) groups is 1. The van der Waals surface area contributed by atoms with Crippen molar-refractivity contribution in [2.75, 3.05) is 0 Å². The molecule has 0 aromatic rings. The molecule has 3 heteroatoms. The second kappa shape index (κ2) is 18.7. The standard InChI is InChI=1S/C22H30O3.C2H6/c1-2-3-12-15-20(23)16-13-10-8-6-4-5-7-9-11-14-17-21-18-19-22(24)25-21;1-2/h3-5,8-14,16-17,20-21,23H,2,6-7,15,18-19H2,1H3;1-2H3/b5-4-,10-8-,11-9-,12-3-,16-13+,17-14+;/t20-,21?;/m0./s1. The summed E-state index contributed by atoms with van der Waals surface area (Å²) in [7, 11) is 0. The number of hydrogen-bond donors (Lipinski definition) is 1. The highest BCUT2D eigenvalue weighted by atomic mass is 16.5. The number of carbonyl (C=O) groups excluding carboxylic acids is 1. The number of ether oxygens (including phenoxy) is 1. The van der Waals surface area contributed by atoms with Gasteiger partial charge in [-0.15, -0.1) is 0 Å². The Balaban J connectivity index is 0.00000326. The third-order valence-electron chi connectivity index (χ3n) is 3.56. The predicted molar refractivity (Wildman–Crippen MR) is 115 cm³/mol. The van der Waals surface area contributed by atoms with Crippen molar-refractivity contribution in [2.45, 2.75) is 71.5 Å². The van der Waals surface area contributed by atoms with E-state index < -0.39 is 6.10 Å². The average Bonchev–Trinajstić information content (AvgIpc) is 3.09. The van der Waals surface area contributed by atoms with Crippen molar-refractivity contribution < 1.29 is 14.6 Å². The zero-order valence-corrected chi connectivity index (χ0v) is 17.1. The van der Waals surface area contributed by atoms with Crippen LogP contribution in [0.4, 0.5) is 0 Å². The van der Waals surface area contributed by atoms with Crippen LogP contribution in [0.3, 0.4) is 0 Å². The summed E-state index contributed by atoms with van der Waals surface area (Å²) in [5, 5.41) is 9.68. The van der Waals surface area contributed by atoms with E-state index in [0.717, 1.165) is 25.7 Å². The molecule has 0 saturated carbocycles. The maximum absolute atomic E-state index is 10.9. The molecule has 1 aliphatic heterocycles. The Morgan fingerprint density at radius 1 is 1.00 bits per heavy atom. The minimum absolute atomic E-state index is 0.0490. The summed E-state index contributed by atoms with van der Waals surface area (Å²) < 4.78 is 5.09. The van der Waals surface area contributed by atoms with Gasteiger partial charge in [0.2, 0.25) is 0 Å². The second-order valence-electron chi connectivity index (χ2n) is 5.82. The highest BCUT2D eigenvalue weighted by molar-refractivity contribution is 5.71. The first-order valence-electron chi connectivity index (χ1n) is 10.1. The van der Waals surface area contributed by atoms with Crippen LogP contribution in [-0.4, -0.2) is 23.3 Å². The smallest absolute Gasteiger partial charge is 0.306 e. The van der Waals surface area contributed by atoms with Crippen molar-refractivity contribution in [2.24, 2.45) is 0 Å². The van der Waals surface area contributed by atoms with E-state index in [1.54, 1.807) is 6.08 Å². The Hall–Kier alpha value is -2.13. The van der Waals surface area contributed by atoms with Gasteiger partial charge in [-0.1, -0.05) is 87.6 Å². The Morgan fingerprint density at radius 3 is 2.26 bits per heavy atom. The number of rotatable bonds is 11. The van der Waals surface area contributed by atoms with Gasteiger partial charge in [-0.05, 0) is 38.2 Å². The molecular formula is C24H36O3. The number of aliphatic hydroxyl groups excluding tert-OH is 1. The number of allylic oxidation sites excluding steroid dienone is 9. The van der Waals surface area contributed by atoms with Gasteiger partial charge in [0.05, 0.1) is 6.10 Å². The van der Waals surface area contributed by atoms with Crippen LogP contribution in [0, 0.1) is 0 Å². The van der Waals surface area contributed by atoms with Gasteiger partial charge in [0, 0.05) is 6.42 Å². The van der Waals surface area contributed by atoms with Crippen molar-refractivity contribution in [3.63, 3.8) is 0 Å². The van der Waals surface area contributed by atoms with E-state index in [0.29, 0.717) is 12.8 Å². The molecule has 0 amide bonds. The van der Waals surface area contributed by atoms with Crippen molar-refractivity contribution in [3.05, 3.63) is 72.9 Å². The number of aliphatic hydroxyl groups is 1. The molecule has 150 valence electrons. The van der Waals surface area contributed by atoms with Crippen LogP contribution in [0.1, 0.15) is 59.3 Å². The van der Waals surface area contributed by atoms with Gasteiger partial charge in [0.25, 0.3) is 0 Å². The van der Waals surface area contributed by atoms with Crippen molar-refractivity contribution >= 4 is 5.97 Å². The van der Waals surface area contributed by atoms with E-state index in [1.165, 1.54) is 0 Å². The van der Waals surface area contributed by atoms with Crippen LogP contribution < -0.4 is 0 Å². The van der Waals surface area contributed by atoms with E-state index in [1.807, 2.05) is 50.3 Å². The monoisotopic (exact) mass is 372 g/mol. The molecular weight excluding hydrogens is 336 g/mol. The lowest BCUT2D eigenvalue weighted by Crippen LogP contribution is -2.01. The minimum atomic E-state index is -0.408. The minimum Gasteiger partial charge on any atom is -0.458 e. The van der Waals surface area contributed by atoms with Crippen molar-refractivity contribution in [1.82, 2.24) is 0 Å². The van der Waals surface area contributed by atoms with Crippen LogP contribution in [0.15, 0.2) is 72.9 Å². The molecule has 0 radical (unpaired) electrons. The lowest BCUT2D eigenvalue weighted by Gasteiger charge is -1.99. The molecule has 0 aromatic carbocycles. The first kappa shape index (κ1) is 24.9. The first-order chi connectivity index (χ1) is 13.2. The third-order valence-corrected chi connectivity index (χ3v) is 3.56. The highest BCUT2D eigenvalue weighted by Gasteiger charge is 2.19. The highest BCUT2D eigenvalue weighted by Crippen LogP contribution is 2.14. The molecule has 1 fully saturated rings. The molecule has 1 saturated heterocycles. The van der Waals surface area contributed by atoms with Gasteiger partial charge in [-0.2, -0.15) is 0 Å². The summed E-state index contributed by atoms with van der Waals surface area (Å²) in [4.78, 5) is 10.9. The topological polar surface area (TPSA) is 46.5 Å². The quantitative estimate of drug-likeness (QED) is 0.275. The molecule has 1 rings (SSSR count). The predicted octanol–water partition coefficient (Wildman–Crippen LogP) is 6.00. The van der Waals surface area contributed by atoms with Gasteiger partial charge >= 0.3 is 5.97 Å². The lowest BCUT2D eigenvalue weighted by molar-refractivity contribution is -0.139. The fourth-order valence-corrected chi connectivity index (χ4v) is 2.21. The Kier molecular flexibility index (Phi) is 17.2. The Labute approximate surface area is 165 Å². The van der Waals surface area contributed by atoms with Gasteiger partial charge in [0.1, 0.15) is 6.10 Å². The Bertz CT molecular complexity index is 536. The van der Waals surface area contributed by atoms with E-state index in [-0.39, 0.29) is 12.1 Å². The molecule has 1 N–H and O–H groups in total. The lowest BCUT2D eigenvalue weighted by atomic mass is 10.2. The SMILES string of the molecule is CC.CC/C=C\C[C@H](O)/C=C/C=C\C/C=C\C/C=C\C=C\C1CCC(=O)O1. The molecule has 0 spiro atoms. The van der Waals surface area contributed by atoms with Gasteiger partial charge < -0.3 is 9.84 Å². The summed E-state index contributed by atoms with van der Waals surface area (Å²) in [6.07, 6.45) is 28.2. The molecule has 0 bridgehead atoms. The van der Waals surface area contributed by atoms with Crippen molar-refractivity contribution in [1.29, 1.82) is 0 Å². The van der Waals surface area contributed by atoms with Gasteiger partial charge in [-0.25, -0.2) is 0 Å². The molecule has 1 unspecified atom stereocenters. The number of esters is 1. The second-order valence-corrected chi connectivity index (χ2v) is 5.82. The molecule has 0 aromatic heterocycles.